The summed E-state index contributed by atoms with van der Waals surface area (Å²) in [4.78, 5) is 8.23. The molecule has 0 bridgehead atoms. The van der Waals surface area contributed by atoms with Crippen molar-refractivity contribution in [1.29, 1.82) is 0 Å². The van der Waals surface area contributed by atoms with Crippen molar-refractivity contribution < 1.29 is 4.74 Å². The van der Waals surface area contributed by atoms with Gasteiger partial charge in [0.2, 0.25) is 5.88 Å². The predicted octanol–water partition coefficient (Wildman–Crippen LogP) is 0.453. The number of ether oxygens (including phenoxy) is 1. The molecular formula is C9H14ClN5O. The van der Waals surface area contributed by atoms with Gasteiger partial charge in [-0.15, -0.1) is 12.4 Å². The number of hydrogen-bond acceptors (Lipinski definition) is 5. The van der Waals surface area contributed by atoms with E-state index in [2.05, 4.69) is 20.4 Å². The number of halogens is 1. The molecule has 2 aromatic heterocycles. The molecule has 7 heteroatoms. The summed E-state index contributed by atoms with van der Waals surface area (Å²) in [6.45, 7) is 3.28. The maximum atomic E-state index is 5.56. The molecule has 0 atom stereocenters. The van der Waals surface area contributed by atoms with Crippen LogP contribution in [0.25, 0.3) is 5.78 Å². The van der Waals surface area contributed by atoms with Gasteiger partial charge < -0.3 is 10.1 Å². The average molecular weight is 244 g/mol. The van der Waals surface area contributed by atoms with Crippen molar-refractivity contribution in [3.05, 3.63) is 18.1 Å². The summed E-state index contributed by atoms with van der Waals surface area (Å²) >= 11 is 0. The Balaban J connectivity index is 0.00000128. The second-order valence-electron chi connectivity index (χ2n) is 3.16. The van der Waals surface area contributed by atoms with Crippen molar-refractivity contribution in [1.82, 2.24) is 24.9 Å². The molecule has 2 aromatic rings. The number of hydrogen-bond donors (Lipinski definition) is 1. The van der Waals surface area contributed by atoms with Gasteiger partial charge in [0, 0.05) is 18.3 Å². The Labute approximate surface area is 99.5 Å². The van der Waals surface area contributed by atoms with Crippen LogP contribution in [0.1, 0.15) is 5.69 Å². The van der Waals surface area contributed by atoms with Crippen LogP contribution in [-0.2, 0) is 0 Å². The van der Waals surface area contributed by atoms with Crippen LogP contribution in [0.15, 0.2) is 12.4 Å². The van der Waals surface area contributed by atoms with E-state index in [1.807, 2.05) is 20.0 Å². The van der Waals surface area contributed by atoms with E-state index in [1.54, 1.807) is 4.52 Å². The number of nitrogens with zero attached hydrogens (tertiary/aromatic N) is 4. The summed E-state index contributed by atoms with van der Waals surface area (Å²) in [6.07, 6.45) is 1.46. The van der Waals surface area contributed by atoms with Crippen LogP contribution in [0.5, 0.6) is 5.88 Å². The molecule has 0 saturated carbocycles. The fraction of sp³-hybridized carbons (Fsp3) is 0.444. The van der Waals surface area contributed by atoms with E-state index in [0.717, 1.165) is 12.2 Å². The minimum absolute atomic E-state index is 0. The first-order chi connectivity index (χ1) is 7.31. The first-order valence-electron chi connectivity index (χ1n) is 4.76. The maximum absolute atomic E-state index is 5.56. The number of fused-ring (bicyclic) bond motifs is 1. The van der Waals surface area contributed by atoms with Crippen LogP contribution in [0.4, 0.5) is 0 Å². The largest absolute Gasteiger partial charge is 0.476 e. The second kappa shape index (κ2) is 5.62. The first-order valence-corrected chi connectivity index (χ1v) is 4.76. The Morgan fingerprint density at radius 2 is 2.31 bits per heavy atom. The van der Waals surface area contributed by atoms with Gasteiger partial charge in [-0.25, -0.2) is 4.98 Å². The molecule has 0 fully saturated rings. The number of aryl methyl sites for hydroxylation is 1. The van der Waals surface area contributed by atoms with Gasteiger partial charge >= 0.3 is 0 Å². The molecule has 0 saturated heterocycles. The molecule has 2 rings (SSSR count). The highest BCUT2D eigenvalue weighted by Gasteiger charge is 2.05. The minimum atomic E-state index is 0. The van der Waals surface area contributed by atoms with Crippen LogP contribution in [0.2, 0.25) is 0 Å². The zero-order chi connectivity index (χ0) is 10.7. The van der Waals surface area contributed by atoms with Crippen molar-refractivity contribution in [2.45, 2.75) is 6.92 Å². The van der Waals surface area contributed by atoms with Gasteiger partial charge in [-0.3, -0.25) is 0 Å². The Bertz CT molecular complexity index is 458. The summed E-state index contributed by atoms with van der Waals surface area (Å²) < 4.78 is 7.14. The van der Waals surface area contributed by atoms with E-state index < -0.39 is 0 Å². The maximum Gasteiger partial charge on any atom is 0.255 e. The highest BCUT2D eigenvalue weighted by atomic mass is 35.5. The first kappa shape index (κ1) is 12.7. The molecule has 6 nitrogen and oxygen atoms in total. The summed E-state index contributed by atoms with van der Waals surface area (Å²) in [6, 6.07) is 1.84. The fourth-order valence-corrected chi connectivity index (χ4v) is 1.26. The normalized spacial score (nSPS) is 10.1. The second-order valence-corrected chi connectivity index (χ2v) is 3.16. The molecule has 1 N–H and O–H groups in total. The molecule has 0 aromatic carbocycles. The third-order valence-corrected chi connectivity index (χ3v) is 1.95. The lowest BCUT2D eigenvalue weighted by Crippen LogP contribution is -2.17. The molecular weight excluding hydrogens is 230 g/mol. The van der Waals surface area contributed by atoms with Crippen molar-refractivity contribution in [3.63, 3.8) is 0 Å². The lowest BCUT2D eigenvalue weighted by molar-refractivity contribution is 0.298. The molecule has 88 valence electrons. The van der Waals surface area contributed by atoms with Gasteiger partial charge in [0.1, 0.15) is 12.9 Å². The molecule has 0 aliphatic carbocycles. The zero-order valence-electron chi connectivity index (χ0n) is 9.17. The fourth-order valence-electron chi connectivity index (χ4n) is 1.26. The molecule has 16 heavy (non-hydrogen) atoms. The molecule has 0 aliphatic rings. The lowest BCUT2D eigenvalue weighted by atomic mass is 10.4. The smallest absolute Gasteiger partial charge is 0.255 e. The van der Waals surface area contributed by atoms with E-state index >= 15 is 0 Å². The number of likely N-dealkylation sites (N-methyl/N-ethyl adjacent to an activating group) is 1. The van der Waals surface area contributed by atoms with E-state index in [-0.39, 0.29) is 12.4 Å². The molecule has 0 aliphatic heterocycles. The highest BCUT2D eigenvalue weighted by Crippen LogP contribution is 2.12. The third-order valence-electron chi connectivity index (χ3n) is 1.95. The van der Waals surface area contributed by atoms with Crippen LogP contribution in [0.3, 0.4) is 0 Å². The SMILES string of the molecule is CNCCOc1cc(C)nc2ncnn12.Cl. The van der Waals surface area contributed by atoms with Crippen molar-refractivity contribution >= 4 is 18.2 Å². The van der Waals surface area contributed by atoms with Crippen LogP contribution < -0.4 is 10.1 Å². The van der Waals surface area contributed by atoms with Gasteiger partial charge in [-0.2, -0.15) is 14.6 Å². The molecule has 0 spiro atoms. The Kier molecular flexibility index (Phi) is 4.45. The number of aromatic nitrogens is 4. The van der Waals surface area contributed by atoms with E-state index in [0.29, 0.717) is 18.3 Å². The van der Waals surface area contributed by atoms with Gasteiger partial charge in [-0.05, 0) is 14.0 Å². The van der Waals surface area contributed by atoms with Crippen LogP contribution >= 0.6 is 12.4 Å². The predicted molar refractivity (Wildman–Crippen MR) is 62.2 cm³/mol. The highest BCUT2D eigenvalue weighted by molar-refractivity contribution is 5.85. The Morgan fingerprint density at radius 1 is 1.50 bits per heavy atom. The van der Waals surface area contributed by atoms with E-state index in [4.69, 9.17) is 4.74 Å². The minimum Gasteiger partial charge on any atom is -0.476 e. The van der Waals surface area contributed by atoms with Gasteiger partial charge in [0.15, 0.2) is 0 Å². The van der Waals surface area contributed by atoms with Crippen LogP contribution in [0, 0.1) is 6.92 Å². The van der Waals surface area contributed by atoms with Crippen LogP contribution in [-0.4, -0.2) is 39.8 Å². The third kappa shape index (κ3) is 2.59. The molecule has 0 amide bonds. The van der Waals surface area contributed by atoms with E-state index in [9.17, 15) is 0 Å². The molecule has 0 unspecified atom stereocenters. The van der Waals surface area contributed by atoms with Crippen molar-refractivity contribution in [3.8, 4) is 5.88 Å². The summed E-state index contributed by atoms with van der Waals surface area (Å²) in [7, 11) is 1.88. The van der Waals surface area contributed by atoms with Gasteiger partial charge in [-0.1, -0.05) is 0 Å². The van der Waals surface area contributed by atoms with Gasteiger partial charge in [0.05, 0.1) is 0 Å². The Morgan fingerprint density at radius 3 is 3.06 bits per heavy atom. The Hall–Kier alpha value is -1.40. The van der Waals surface area contributed by atoms with Gasteiger partial charge in [0.25, 0.3) is 5.78 Å². The number of nitrogens with one attached hydrogen (secondary N) is 1. The number of rotatable bonds is 4. The summed E-state index contributed by atoms with van der Waals surface area (Å²) in [5, 5.41) is 7.04. The topological polar surface area (TPSA) is 64.3 Å². The summed E-state index contributed by atoms with van der Waals surface area (Å²) in [5.41, 5.74) is 0.870. The molecule has 0 radical (unpaired) electrons. The average Bonchev–Trinajstić information content (AvgIpc) is 2.65. The zero-order valence-corrected chi connectivity index (χ0v) is 9.99. The van der Waals surface area contributed by atoms with E-state index in [1.165, 1.54) is 6.33 Å². The summed E-state index contributed by atoms with van der Waals surface area (Å²) in [5.74, 6) is 1.24. The quantitative estimate of drug-likeness (QED) is 0.790. The standard InChI is InChI=1S/C9H13N5O.ClH/c1-7-5-8(15-4-3-10-2)14-9(13-7)11-6-12-14;/h5-6,10H,3-4H2,1-2H3;1H. The molecule has 2 heterocycles. The monoisotopic (exact) mass is 243 g/mol. The van der Waals surface area contributed by atoms with Crippen molar-refractivity contribution in [2.75, 3.05) is 20.2 Å². The van der Waals surface area contributed by atoms with Crippen molar-refractivity contribution in [2.24, 2.45) is 0 Å². The lowest BCUT2D eigenvalue weighted by Gasteiger charge is -2.07.